The molecule has 28 heavy (non-hydrogen) atoms. The van der Waals surface area contributed by atoms with E-state index < -0.39 is 10.8 Å². The van der Waals surface area contributed by atoms with Crippen LogP contribution >= 0.6 is 0 Å². The number of rotatable bonds is 5. The van der Waals surface area contributed by atoms with Gasteiger partial charge in [-0.15, -0.1) is 0 Å². The first-order valence-electron chi connectivity index (χ1n) is 8.75. The first-order chi connectivity index (χ1) is 13.4. The van der Waals surface area contributed by atoms with Crippen molar-refractivity contribution in [3.8, 4) is 0 Å². The van der Waals surface area contributed by atoms with Crippen LogP contribution in [0.3, 0.4) is 0 Å². The predicted octanol–water partition coefficient (Wildman–Crippen LogP) is 2.24. The molecule has 2 N–H and O–H groups in total. The molecule has 0 radical (unpaired) electrons. The summed E-state index contributed by atoms with van der Waals surface area (Å²) in [6.07, 6.45) is 0. The van der Waals surface area contributed by atoms with Crippen molar-refractivity contribution in [3.63, 3.8) is 0 Å². The number of hydroxylamine groups is 1. The SMILES string of the molecule is CC(=O)c1ccc(N2CCN(c3c(C(=O)NO)cccc3[N+](=O)[O-])CC2)cc1. The molecular weight excluding hydrogens is 364 g/mol. The Labute approximate surface area is 161 Å². The molecular formula is C19H20N4O5. The van der Waals surface area contributed by atoms with E-state index in [2.05, 4.69) is 4.90 Å². The van der Waals surface area contributed by atoms with Crippen LogP contribution in [0.5, 0.6) is 0 Å². The Kier molecular flexibility index (Phi) is 5.55. The van der Waals surface area contributed by atoms with Crippen molar-refractivity contribution < 1.29 is 19.7 Å². The molecule has 9 heteroatoms. The first kappa shape index (κ1) is 19.3. The Bertz CT molecular complexity index is 905. The van der Waals surface area contributed by atoms with Gasteiger partial charge in [-0.1, -0.05) is 6.07 Å². The number of anilines is 2. The van der Waals surface area contributed by atoms with Crippen LogP contribution in [0.2, 0.25) is 0 Å². The maximum atomic E-state index is 12.0. The molecule has 0 aromatic heterocycles. The lowest BCUT2D eigenvalue weighted by atomic mass is 10.1. The van der Waals surface area contributed by atoms with Crippen molar-refractivity contribution in [3.05, 3.63) is 63.7 Å². The number of nitrogens with zero attached hydrogens (tertiary/aromatic N) is 3. The van der Waals surface area contributed by atoms with E-state index in [4.69, 9.17) is 5.21 Å². The fraction of sp³-hybridized carbons (Fsp3) is 0.263. The smallest absolute Gasteiger partial charge is 0.293 e. The van der Waals surface area contributed by atoms with Crippen LogP contribution in [-0.2, 0) is 0 Å². The predicted molar refractivity (Wildman–Crippen MR) is 103 cm³/mol. The number of nitro groups is 1. The zero-order valence-corrected chi connectivity index (χ0v) is 15.3. The summed E-state index contributed by atoms with van der Waals surface area (Å²) in [5.41, 5.74) is 3.22. The molecule has 0 saturated carbocycles. The number of hydrogen-bond donors (Lipinski definition) is 2. The Morgan fingerprint density at radius 2 is 1.64 bits per heavy atom. The normalized spacial score (nSPS) is 13.9. The molecule has 3 rings (SSSR count). The Balaban J connectivity index is 1.82. The second-order valence-electron chi connectivity index (χ2n) is 6.45. The van der Waals surface area contributed by atoms with E-state index >= 15 is 0 Å². The Hall–Kier alpha value is -3.46. The van der Waals surface area contributed by atoms with Crippen molar-refractivity contribution in [2.45, 2.75) is 6.92 Å². The molecule has 2 aromatic carbocycles. The first-order valence-corrected chi connectivity index (χ1v) is 8.75. The van der Waals surface area contributed by atoms with Crippen LogP contribution in [0.25, 0.3) is 0 Å². The van der Waals surface area contributed by atoms with Crippen molar-refractivity contribution >= 4 is 28.8 Å². The second kappa shape index (κ2) is 8.05. The summed E-state index contributed by atoms with van der Waals surface area (Å²) >= 11 is 0. The minimum absolute atomic E-state index is 0.00226. The lowest BCUT2D eigenvalue weighted by Gasteiger charge is -2.37. The summed E-state index contributed by atoms with van der Waals surface area (Å²) in [6, 6.07) is 11.5. The van der Waals surface area contributed by atoms with Gasteiger partial charge in [0.2, 0.25) is 0 Å². The van der Waals surface area contributed by atoms with Crippen molar-refractivity contribution in [1.29, 1.82) is 0 Å². The highest BCUT2D eigenvalue weighted by Crippen LogP contribution is 2.33. The summed E-state index contributed by atoms with van der Waals surface area (Å²) in [7, 11) is 0. The van der Waals surface area contributed by atoms with Crippen LogP contribution < -0.4 is 15.3 Å². The number of piperazine rings is 1. The van der Waals surface area contributed by atoms with Crippen LogP contribution in [0.4, 0.5) is 17.1 Å². The van der Waals surface area contributed by atoms with E-state index in [9.17, 15) is 19.7 Å². The number of Topliss-reactive ketones (excluding diaryl/α,β-unsaturated/α-hetero) is 1. The highest BCUT2D eigenvalue weighted by Gasteiger charge is 2.28. The van der Waals surface area contributed by atoms with Gasteiger partial charge in [-0.2, -0.15) is 0 Å². The number of ketones is 1. The lowest BCUT2D eigenvalue weighted by molar-refractivity contribution is -0.384. The molecule has 1 amide bonds. The van der Waals surface area contributed by atoms with Crippen molar-refractivity contribution in [1.82, 2.24) is 5.48 Å². The van der Waals surface area contributed by atoms with E-state index in [0.717, 1.165) is 5.69 Å². The molecule has 1 aliphatic rings. The minimum atomic E-state index is -0.791. The molecule has 0 bridgehead atoms. The Morgan fingerprint density at radius 3 is 2.18 bits per heavy atom. The molecule has 0 spiro atoms. The van der Waals surface area contributed by atoms with Crippen LogP contribution in [0, 0.1) is 10.1 Å². The topological polar surface area (TPSA) is 116 Å². The molecule has 1 aliphatic heterocycles. The third kappa shape index (κ3) is 3.79. The molecule has 146 valence electrons. The fourth-order valence-electron chi connectivity index (χ4n) is 3.35. The van der Waals surface area contributed by atoms with Gasteiger partial charge < -0.3 is 9.80 Å². The Morgan fingerprint density at radius 1 is 1.04 bits per heavy atom. The monoisotopic (exact) mass is 384 g/mol. The highest BCUT2D eigenvalue weighted by atomic mass is 16.6. The van der Waals surface area contributed by atoms with Gasteiger partial charge in [-0.05, 0) is 37.3 Å². The second-order valence-corrected chi connectivity index (χ2v) is 6.45. The van der Waals surface area contributed by atoms with Gasteiger partial charge in [0.25, 0.3) is 11.6 Å². The number of carbonyl (C=O) groups is 2. The van der Waals surface area contributed by atoms with E-state index in [1.54, 1.807) is 22.5 Å². The molecule has 0 unspecified atom stereocenters. The average Bonchev–Trinajstić information content (AvgIpc) is 2.72. The van der Waals surface area contributed by atoms with E-state index in [1.807, 2.05) is 12.1 Å². The largest absolute Gasteiger partial charge is 0.368 e. The van der Waals surface area contributed by atoms with Gasteiger partial charge in [0, 0.05) is 43.5 Å². The maximum absolute atomic E-state index is 12.0. The third-order valence-electron chi connectivity index (χ3n) is 4.79. The molecule has 1 saturated heterocycles. The number of carbonyl (C=O) groups excluding carboxylic acids is 2. The van der Waals surface area contributed by atoms with Crippen molar-refractivity contribution in [2.75, 3.05) is 36.0 Å². The molecule has 0 atom stereocenters. The minimum Gasteiger partial charge on any atom is -0.368 e. The molecule has 2 aromatic rings. The highest BCUT2D eigenvalue weighted by molar-refractivity contribution is 6.01. The standard InChI is InChI=1S/C19H20N4O5/c1-13(24)14-5-7-15(8-6-14)21-9-11-22(12-10-21)18-16(19(25)20-26)3-2-4-17(18)23(27)28/h2-8,26H,9-12H2,1H3,(H,20,25). The quantitative estimate of drug-likeness (QED) is 0.351. The average molecular weight is 384 g/mol. The third-order valence-corrected chi connectivity index (χ3v) is 4.79. The van der Waals surface area contributed by atoms with Gasteiger partial charge in [0.05, 0.1) is 10.5 Å². The zero-order chi connectivity index (χ0) is 20.3. The molecule has 0 aliphatic carbocycles. The molecule has 1 fully saturated rings. The van der Waals surface area contributed by atoms with Crippen LogP contribution in [-0.4, -0.2) is 48.0 Å². The van der Waals surface area contributed by atoms with Gasteiger partial charge in [0.15, 0.2) is 5.78 Å². The van der Waals surface area contributed by atoms with Gasteiger partial charge in [-0.25, -0.2) is 5.48 Å². The van der Waals surface area contributed by atoms with Crippen LogP contribution in [0.15, 0.2) is 42.5 Å². The summed E-state index contributed by atoms with van der Waals surface area (Å²) in [4.78, 5) is 38.2. The number of benzene rings is 2. The van der Waals surface area contributed by atoms with Crippen LogP contribution in [0.1, 0.15) is 27.6 Å². The number of nitrogens with one attached hydrogen (secondary N) is 1. The number of hydrogen-bond acceptors (Lipinski definition) is 7. The van der Waals surface area contributed by atoms with Gasteiger partial charge in [-0.3, -0.25) is 24.9 Å². The number of amides is 1. The number of para-hydroxylation sites is 1. The fourth-order valence-corrected chi connectivity index (χ4v) is 3.35. The van der Waals surface area contributed by atoms with Crippen molar-refractivity contribution in [2.24, 2.45) is 0 Å². The number of nitro benzene ring substituents is 1. The summed E-state index contributed by atoms with van der Waals surface area (Å²) < 4.78 is 0. The summed E-state index contributed by atoms with van der Waals surface area (Å²) in [5, 5.41) is 20.4. The summed E-state index contributed by atoms with van der Waals surface area (Å²) in [6.45, 7) is 3.62. The van der Waals surface area contributed by atoms with Gasteiger partial charge in [0.1, 0.15) is 5.69 Å². The molecule has 1 heterocycles. The van der Waals surface area contributed by atoms with E-state index in [-0.39, 0.29) is 22.7 Å². The van der Waals surface area contributed by atoms with Gasteiger partial charge >= 0.3 is 0 Å². The summed E-state index contributed by atoms with van der Waals surface area (Å²) in [5.74, 6) is -0.789. The maximum Gasteiger partial charge on any atom is 0.293 e. The van der Waals surface area contributed by atoms with E-state index in [0.29, 0.717) is 31.7 Å². The van der Waals surface area contributed by atoms with E-state index in [1.165, 1.54) is 25.1 Å². The lowest BCUT2D eigenvalue weighted by Crippen LogP contribution is -2.47. The molecule has 9 nitrogen and oxygen atoms in total. The zero-order valence-electron chi connectivity index (χ0n) is 15.3.